The lowest BCUT2D eigenvalue weighted by atomic mass is 10.4. The summed E-state index contributed by atoms with van der Waals surface area (Å²) in [4.78, 5) is 9.27. The van der Waals surface area contributed by atoms with Crippen molar-refractivity contribution in [2.75, 3.05) is 5.73 Å². The SMILES string of the molecule is Nc1nc(-c2cc(Cl)cs2)ncc1I. The number of hydrogen-bond acceptors (Lipinski definition) is 4. The highest BCUT2D eigenvalue weighted by atomic mass is 127. The van der Waals surface area contributed by atoms with Crippen molar-refractivity contribution < 1.29 is 0 Å². The topological polar surface area (TPSA) is 51.8 Å². The van der Waals surface area contributed by atoms with Crippen molar-refractivity contribution in [3.8, 4) is 10.7 Å². The minimum atomic E-state index is 0.500. The van der Waals surface area contributed by atoms with Crippen LogP contribution in [0.15, 0.2) is 17.6 Å². The summed E-state index contributed by atoms with van der Waals surface area (Å²) < 4.78 is 0.856. The highest BCUT2D eigenvalue weighted by Gasteiger charge is 2.06. The molecule has 0 spiro atoms. The van der Waals surface area contributed by atoms with E-state index in [0.29, 0.717) is 16.7 Å². The maximum absolute atomic E-state index is 5.80. The molecule has 0 saturated heterocycles. The number of nitrogens with zero attached hydrogens (tertiary/aromatic N) is 2. The molecule has 0 bridgehead atoms. The minimum absolute atomic E-state index is 0.500. The molecule has 72 valence electrons. The number of rotatable bonds is 1. The molecule has 0 aliphatic carbocycles. The predicted molar refractivity (Wildman–Crippen MR) is 67.5 cm³/mol. The lowest BCUT2D eigenvalue weighted by Gasteiger charge is -1.98. The van der Waals surface area contributed by atoms with Gasteiger partial charge in [0.25, 0.3) is 0 Å². The molecule has 0 saturated carbocycles. The molecule has 6 heteroatoms. The Hall–Kier alpha value is -0.400. The summed E-state index contributed by atoms with van der Waals surface area (Å²) in [5, 5.41) is 2.54. The first-order chi connectivity index (χ1) is 6.66. The summed E-state index contributed by atoms with van der Waals surface area (Å²) in [7, 11) is 0. The third kappa shape index (κ3) is 1.99. The zero-order chi connectivity index (χ0) is 10.1. The number of nitrogen functional groups attached to an aromatic ring is 1. The molecule has 0 aromatic carbocycles. The van der Waals surface area contributed by atoms with E-state index in [-0.39, 0.29) is 0 Å². The standard InChI is InChI=1S/C8H5ClIN3S/c9-4-1-6(14-3-4)8-12-2-5(10)7(11)13-8/h1-3H,(H2,11,12,13). The van der Waals surface area contributed by atoms with Crippen molar-refractivity contribution in [2.45, 2.75) is 0 Å². The van der Waals surface area contributed by atoms with Gasteiger partial charge in [-0.15, -0.1) is 11.3 Å². The predicted octanol–water partition coefficient (Wildman–Crippen LogP) is 3.05. The van der Waals surface area contributed by atoms with Crippen LogP contribution in [-0.4, -0.2) is 9.97 Å². The largest absolute Gasteiger partial charge is 0.383 e. The molecule has 2 aromatic rings. The highest BCUT2D eigenvalue weighted by Crippen LogP contribution is 2.27. The van der Waals surface area contributed by atoms with Crippen molar-refractivity contribution in [1.82, 2.24) is 9.97 Å². The van der Waals surface area contributed by atoms with Gasteiger partial charge in [0.05, 0.1) is 13.5 Å². The lowest BCUT2D eigenvalue weighted by molar-refractivity contribution is 1.18. The van der Waals surface area contributed by atoms with Crippen LogP contribution in [0.1, 0.15) is 0 Å². The van der Waals surface area contributed by atoms with Crippen LogP contribution in [0.5, 0.6) is 0 Å². The Morgan fingerprint density at radius 1 is 1.50 bits per heavy atom. The van der Waals surface area contributed by atoms with Crippen molar-refractivity contribution in [3.63, 3.8) is 0 Å². The van der Waals surface area contributed by atoms with Crippen LogP contribution in [-0.2, 0) is 0 Å². The quantitative estimate of drug-likeness (QED) is 0.814. The molecule has 2 N–H and O–H groups in total. The van der Waals surface area contributed by atoms with Crippen molar-refractivity contribution >= 4 is 51.3 Å². The smallest absolute Gasteiger partial charge is 0.171 e. The van der Waals surface area contributed by atoms with Crippen LogP contribution in [0, 0.1) is 3.57 Å². The Bertz CT molecular complexity index is 471. The molecule has 2 heterocycles. The maximum Gasteiger partial charge on any atom is 0.171 e. The van der Waals surface area contributed by atoms with E-state index in [0.717, 1.165) is 8.45 Å². The summed E-state index contributed by atoms with van der Waals surface area (Å²) in [6.45, 7) is 0. The minimum Gasteiger partial charge on any atom is -0.383 e. The molecule has 0 atom stereocenters. The Morgan fingerprint density at radius 3 is 2.86 bits per heavy atom. The molecule has 0 radical (unpaired) electrons. The van der Waals surface area contributed by atoms with E-state index in [1.165, 1.54) is 11.3 Å². The van der Waals surface area contributed by atoms with E-state index in [9.17, 15) is 0 Å². The average molecular weight is 338 g/mol. The first-order valence-corrected chi connectivity index (χ1v) is 6.03. The molecule has 14 heavy (non-hydrogen) atoms. The second-order valence-electron chi connectivity index (χ2n) is 2.56. The number of aromatic nitrogens is 2. The van der Waals surface area contributed by atoms with Crippen LogP contribution in [0.4, 0.5) is 5.82 Å². The highest BCUT2D eigenvalue weighted by molar-refractivity contribution is 14.1. The van der Waals surface area contributed by atoms with Gasteiger partial charge in [-0.25, -0.2) is 9.97 Å². The molecule has 0 aliphatic rings. The van der Waals surface area contributed by atoms with Crippen LogP contribution in [0.2, 0.25) is 5.02 Å². The van der Waals surface area contributed by atoms with E-state index in [1.807, 2.05) is 11.4 Å². The summed E-state index contributed by atoms with van der Waals surface area (Å²) in [6.07, 6.45) is 1.70. The van der Waals surface area contributed by atoms with Crippen molar-refractivity contribution in [3.05, 3.63) is 26.2 Å². The van der Waals surface area contributed by atoms with E-state index in [2.05, 4.69) is 32.6 Å². The van der Waals surface area contributed by atoms with Gasteiger partial charge >= 0.3 is 0 Å². The Morgan fingerprint density at radius 2 is 2.29 bits per heavy atom. The third-order valence-corrected chi connectivity index (χ3v) is 3.66. The zero-order valence-corrected chi connectivity index (χ0v) is 10.6. The van der Waals surface area contributed by atoms with Crippen LogP contribution in [0.25, 0.3) is 10.7 Å². The van der Waals surface area contributed by atoms with Gasteiger partial charge in [-0.2, -0.15) is 0 Å². The Balaban J connectivity index is 2.47. The van der Waals surface area contributed by atoms with E-state index in [1.54, 1.807) is 6.20 Å². The number of anilines is 1. The molecule has 2 rings (SSSR count). The molecule has 2 aromatic heterocycles. The summed E-state index contributed by atoms with van der Waals surface area (Å²) >= 11 is 9.40. The summed E-state index contributed by atoms with van der Waals surface area (Å²) in [5.74, 6) is 1.12. The summed E-state index contributed by atoms with van der Waals surface area (Å²) in [6, 6.07) is 1.83. The lowest BCUT2D eigenvalue weighted by Crippen LogP contribution is -1.97. The molecule has 0 amide bonds. The van der Waals surface area contributed by atoms with E-state index >= 15 is 0 Å². The van der Waals surface area contributed by atoms with Gasteiger partial charge in [-0.3, -0.25) is 0 Å². The van der Waals surface area contributed by atoms with Gasteiger partial charge in [0.1, 0.15) is 5.82 Å². The van der Waals surface area contributed by atoms with Gasteiger partial charge < -0.3 is 5.73 Å². The fourth-order valence-electron chi connectivity index (χ4n) is 0.929. The first kappa shape index (κ1) is 10.1. The third-order valence-electron chi connectivity index (χ3n) is 1.56. The van der Waals surface area contributed by atoms with Gasteiger partial charge in [-0.05, 0) is 28.7 Å². The van der Waals surface area contributed by atoms with Crippen molar-refractivity contribution in [2.24, 2.45) is 0 Å². The maximum atomic E-state index is 5.80. The molecule has 0 unspecified atom stereocenters. The molecular formula is C8H5ClIN3S. The van der Waals surface area contributed by atoms with Gasteiger partial charge in [0.2, 0.25) is 0 Å². The van der Waals surface area contributed by atoms with Crippen LogP contribution >= 0.6 is 45.5 Å². The average Bonchev–Trinajstić information content (AvgIpc) is 2.57. The van der Waals surface area contributed by atoms with E-state index < -0.39 is 0 Å². The molecule has 0 fully saturated rings. The number of hydrogen-bond donors (Lipinski definition) is 1. The molecule has 0 aliphatic heterocycles. The number of thiophene rings is 1. The molecular weight excluding hydrogens is 333 g/mol. The fourth-order valence-corrected chi connectivity index (χ4v) is 2.20. The Kier molecular flexibility index (Phi) is 2.89. The van der Waals surface area contributed by atoms with Crippen LogP contribution < -0.4 is 5.73 Å². The van der Waals surface area contributed by atoms with Gasteiger partial charge in [0, 0.05) is 11.6 Å². The first-order valence-electron chi connectivity index (χ1n) is 3.69. The Labute approximate surface area is 103 Å². The zero-order valence-electron chi connectivity index (χ0n) is 6.87. The second kappa shape index (κ2) is 4.00. The normalized spacial score (nSPS) is 10.4. The molecule has 3 nitrogen and oxygen atoms in total. The van der Waals surface area contributed by atoms with Gasteiger partial charge in [-0.1, -0.05) is 11.6 Å². The second-order valence-corrected chi connectivity index (χ2v) is 5.07. The number of halogens is 2. The van der Waals surface area contributed by atoms with Crippen molar-refractivity contribution in [1.29, 1.82) is 0 Å². The monoisotopic (exact) mass is 337 g/mol. The van der Waals surface area contributed by atoms with E-state index in [4.69, 9.17) is 17.3 Å². The summed E-state index contributed by atoms with van der Waals surface area (Å²) in [5.41, 5.74) is 5.68. The van der Waals surface area contributed by atoms with Gasteiger partial charge in [0.15, 0.2) is 5.82 Å². The fraction of sp³-hybridized carbons (Fsp3) is 0. The van der Waals surface area contributed by atoms with Crippen LogP contribution in [0.3, 0.4) is 0 Å². The number of nitrogens with two attached hydrogens (primary N) is 1.